The van der Waals surface area contributed by atoms with Crippen LogP contribution < -0.4 is 15.8 Å². The fraction of sp³-hybridized carbons (Fsp3) is 0.500. The number of sulfonamides is 1. The maximum atomic E-state index is 11.5. The van der Waals surface area contributed by atoms with Crippen LogP contribution in [0, 0.1) is 6.92 Å². The largest absolute Gasteiger partial charge is 0.360 e. The van der Waals surface area contributed by atoms with Gasteiger partial charge >= 0.3 is 0 Å². The number of anilines is 1. The molecule has 4 N–H and O–H groups in total. The van der Waals surface area contributed by atoms with Crippen LogP contribution in [-0.2, 0) is 10.0 Å². The van der Waals surface area contributed by atoms with E-state index in [1.54, 1.807) is 19.1 Å². The van der Waals surface area contributed by atoms with Gasteiger partial charge in [0.2, 0.25) is 10.0 Å². The highest BCUT2D eigenvalue weighted by Crippen LogP contribution is 2.20. The Bertz CT molecular complexity index is 623. The van der Waals surface area contributed by atoms with Gasteiger partial charge in [0.05, 0.1) is 4.90 Å². The predicted molar refractivity (Wildman–Crippen MR) is 88.8 cm³/mol. The number of nitrogens with two attached hydrogens (primary N) is 1. The second-order valence-electron chi connectivity index (χ2n) is 5.46. The van der Waals surface area contributed by atoms with E-state index in [1.807, 2.05) is 0 Å². The zero-order valence-electron chi connectivity index (χ0n) is 12.1. The molecule has 0 unspecified atom stereocenters. The van der Waals surface area contributed by atoms with Gasteiger partial charge in [-0.2, -0.15) is 0 Å². The van der Waals surface area contributed by atoms with E-state index in [2.05, 4.69) is 10.6 Å². The minimum atomic E-state index is -3.72. The fourth-order valence-electron chi connectivity index (χ4n) is 2.58. The lowest BCUT2D eigenvalue weighted by molar-refractivity contribution is 0.415. The van der Waals surface area contributed by atoms with Crippen LogP contribution in [0.5, 0.6) is 0 Å². The Morgan fingerprint density at radius 2 is 1.95 bits per heavy atom. The Labute approximate surface area is 131 Å². The molecule has 0 aliphatic heterocycles. The molecule has 0 atom stereocenters. The number of aryl methyl sites for hydroxylation is 1. The van der Waals surface area contributed by atoms with Crippen LogP contribution in [0.4, 0.5) is 5.69 Å². The van der Waals surface area contributed by atoms with E-state index in [4.69, 9.17) is 17.4 Å². The minimum absolute atomic E-state index is 0.118. The molecule has 0 aromatic heterocycles. The molecule has 1 fully saturated rings. The summed E-state index contributed by atoms with van der Waals surface area (Å²) in [5.41, 5.74) is 1.24. The molecular weight excluding hydrogens is 306 g/mol. The lowest BCUT2D eigenvalue weighted by atomic mass is 9.96. The summed E-state index contributed by atoms with van der Waals surface area (Å²) in [7, 11) is -3.72. The van der Waals surface area contributed by atoms with Gasteiger partial charge in [0.25, 0.3) is 0 Å². The molecule has 5 nitrogen and oxygen atoms in total. The number of hydrogen-bond donors (Lipinski definition) is 3. The van der Waals surface area contributed by atoms with Gasteiger partial charge in [0.1, 0.15) is 0 Å². The summed E-state index contributed by atoms with van der Waals surface area (Å²) < 4.78 is 23.0. The molecule has 0 radical (unpaired) electrons. The third-order valence-corrected chi connectivity index (χ3v) is 4.97. The van der Waals surface area contributed by atoms with E-state index < -0.39 is 10.0 Å². The van der Waals surface area contributed by atoms with Crippen molar-refractivity contribution in [1.29, 1.82) is 0 Å². The molecule has 2 rings (SSSR count). The first-order chi connectivity index (χ1) is 9.86. The lowest BCUT2D eigenvalue weighted by Crippen LogP contribution is -2.38. The Balaban J connectivity index is 2.04. The second kappa shape index (κ2) is 6.72. The highest BCUT2D eigenvalue weighted by atomic mass is 32.2. The number of thiocarbonyl (C=S) groups is 1. The number of nitrogens with one attached hydrogen (secondary N) is 2. The first-order valence-corrected chi connectivity index (χ1v) is 9.03. The maximum absolute atomic E-state index is 11.5. The Hall–Kier alpha value is -1.18. The summed E-state index contributed by atoms with van der Waals surface area (Å²) >= 11 is 5.28. The van der Waals surface area contributed by atoms with Gasteiger partial charge in [0.15, 0.2) is 5.11 Å². The van der Waals surface area contributed by atoms with Crippen molar-refractivity contribution >= 4 is 33.0 Å². The average molecular weight is 327 g/mol. The first kappa shape index (κ1) is 16.2. The van der Waals surface area contributed by atoms with Gasteiger partial charge in [-0.1, -0.05) is 25.3 Å². The number of hydrogen-bond acceptors (Lipinski definition) is 3. The summed E-state index contributed by atoms with van der Waals surface area (Å²) in [4.78, 5) is 0.118. The van der Waals surface area contributed by atoms with E-state index in [1.165, 1.54) is 25.3 Å². The summed E-state index contributed by atoms with van der Waals surface area (Å²) in [5.74, 6) is 0. The smallest absolute Gasteiger partial charge is 0.238 e. The van der Waals surface area contributed by atoms with Gasteiger partial charge in [-0.3, -0.25) is 0 Å². The summed E-state index contributed by atoms with van der Waals surface area (Å²) in [6.07, 6.45) is 5.98. The highest BCUT2D eigenvalue weighted by Gasteiger charge is 2.15. The van der Waals surface area contributed by atoms with Gasteiger partial charge in [-0.15, -0.1) is 0 Å². The molecule has 1 aromatic rings. The van der Waals surface area contributed by atoms with Crippen LogP contribution >= 0.6 is 12.2 Å². The molecule has 0 saturated heterocycles. The number of primary sulfonamides is 1. The number of rotatable bonds is 3. The molecule has 1 aromatic carbocycles. The Kier molecular flexibility index (Phi) is 5.18. The highest BCUT2D eigenvalue weighted by molar-refractivity contribution is 7.89. The Morgan fingerprint density at radius 1 is 1.29 bits per heavy atom. The van der Waals surface area contributed by atoms with Gasteiger partial charge in [0, 0.05) is 11.7 Å². The third-order valence-electron chi connectivity index (χ3n) is 3.69. The van der Waals surface area contributed by atoms with Crippen LogP contribution in [0.2, 0.25) is 0 Å². The van der Waals surface area contributed by atoms with Crippen molar-refractivity contribution in [1.82, 2.24) is 5.32 Å². The van der Waals surface area contributed by atoms with Crippen molar-refractivity contribution in [3.8, 4) is 0 Å². The lowest BCUT2D eigenvalue weighted by Gasteiger charge is -2.24. The van der Waals surface area contributed by atoms with E-state index >= 15 is 0 Å². The molecule has 21 heavy (non-hydrogen) atoms. The SMILES string of the molecule is Cc1ccc(NC(=S)NC2CCCCC2)cc1S(N)(=O)=O. The summed E-state index contributed by atoms with van der Waals surface area (Å²) in [6.45, 7) is 1.71. The van der Waals surface area contributed by atoms with E-state index in [0.717, 1.165) is 12.8 Å². The molecular formula is C14H21N3O2S2. The van der Waals surface area contributed by atoms with Crippen molar-refractivity contribution in [3.05, 3.63) is 23.8 Å². The molecule has 0 heterocycles. The number of benzene rings is 1. The van der Waals surface area contributed by atoms with Crippen LogP contribution in [0.15, 0.2) is 23.1 Å². The van der Waals surface area contributed by atoms with Gasteiger partial charge in [-0.05, 0) is 49.7 Å². The molecule has 1 aliphatic carbocycles. The zero-order chi connectivity index (χ0) is 15.5. The normalized spacial score (nSPS) is 16.5. The second-order valence-corrected chi connectivity index (χ2v) is 7.40. The predicted octanol–water partition coefficient (Wildman–Crippen LogP) is 2.26. The topological polar surface area (TPSA) is 84.2 Å². The minimum Gasteiger partial charge on any atom is -0.360 e. The maximum Gasteiger partial charge on any atom is 0.238 e. The molecule has 0 bridgehead atoms. The average Bonchev–Trinajstić information content (AvgIpc) is 2.41. The van der Waals surface area contributed by atoms with Crippen LogP contribution in [0.3, 0.4) is 0 Å². The fourth-order valence-corrected chi connectivity index (χ4v) is 3.68. The molecule has 1 saturated carbocycles. The van der Waals surface area contributed by atoms with Crippen LogP contribution in [0.1, 0.15) is 37.7 Å². The Morgan fingerprint density at radius 3 is 2.57 bits per heavy atom. The molecule has 0 spiro atoms. The van der Waals surface area contributed by atoms with E-state index in [9.17, 15) is 8.42 Å². The summed E-state index contributed by atoms with van der Waals surface area (Å²) in [5, 5.41) is 12.0. The first-order valence-electron chi connectivity index (χ1n) is 7.07. The summed E-state index contributed by atoms with van der Waals surface area (Å²) in [6, 6.07) is 5.42. The van der Waals surface area contributed by atoms with Crippen LogP contribution in [0.25, 0.3) is 0 Å². The van der Waals surface area contributed by atoms with Crippen molar-refractivity contribution in [3.63, 3.8) is 0 Å². The molecule has 116 valence electrons. The standard InChI is InChI=1S/C14H21N3O2S2/c1-10-7-8-12(9-13(10)21(15,18)19)17-14(20)16-11-5-3-2-4-6-11/h7-9,11H,2-6H2,1H3,(H2,15,18,19)(H2,16,17,20). The van der Waals surface area contributed by atoms with E-state index in [0.29, 0.717) is 22.4 Å². The van der Waals surface area contributed by atoms with Gasteiger partial charge < -0.3 is 10.6 Å². The van der Waals surface area contributed by atoms with Crippen molar-refractivity contribution in [2.24, 2.45) is 5.14 Å². The quantitative estimate of drug-likeness (QED) is 0.742. The molecule has 0 amide bonds. The van der Waals surface area contributed by atoms with Crippen LogP contribution in [-0.4, -0.2) is 19.6 Å². The van der Waals surface area contributed by atoms with E-state index in [-0.39, 0.29) is 4.90 Å². The van der Waals surface area contributed by atoms with Crippen molar-refractivity contribution in [2.75, 3.05) is 5.32 Å². The monoisotopic (exact) mass is 327 g/mol. The van der Waals surface area contributed by atoms with Gasteiger partial charge in [-0.25, -0.2) is 13.6 Å². The molecule has 7 heteroatoms. The molecule has 1 aliphatic rings. The van der Waals surface area contributed by atoms with Crippen molar-refractivity contribution < 1.29 is 8.42 Å². The van der Waals surface area contributed by atoms with Crippen molar-refractivity contribution in [2.45, 2.75) is 50.0 Å². The zero-order valence-corrected chi connectivity index (χ0v) is 13.7. The third kappa shape index (κ3) is 4.66.